The zero-order valence-electron chi connectivity index (χ0n) is 13.2. The number of para-hydroxylation sites is 1. The van der Waals surface area contributed by atoms with E-state index in [0.29, 0.717) is 17.9 Å². The van der Waals surface area contributed by atoms with E-state index in [1.54, 1.807) is 35.8 Å². The van der Waals surface area contributed by atoms with E-state index in [1.807, 2.05) is 47.8 Å². The van der Waals surface area contributed by atoms with Crippen LogP contribution in [-0.2, 0) is 6.61 Å². The number of carbonyl (C=O) groups excluding carboxylic acids is 1. The molecule has 0 saturated heterocycles. The van der Waals surface area contributed by atoms with Crippen molar-refractivity contribution in [1.82, 2.24) is 5.43 Å². The van der Waals surface area contributed by atoms with Crippen LogP contribution in [0.3, 0.4) is 0 Å². The second kappa shape index (κ2) is 8.60. The van der Waals surface area contributed by atoms with Gasteiger partial charge >= 0.3 is 0 Å². The predicted octanol–water partition coefficient (Wildman–Crippen LogP) is 4.85. The van der Waals surface area contributed by atoms with Crippen molar-refractivity contribution in [1.29, 1.82) is 0 Å². The predicted molar refractivity (Wildman–Crippen MR) is 104 cm³/mol. The number of halogens is 1. The maximum Gasteiger partial charge on any atom is 0.275 e. The number of nitrogens with zero attached hydrogens (tertiary/aromatic N) is 1. The molecule has 0 fully saturated rings. The third-order valence-electron chi connectivity index (χ3n) is 3.32. The summed E-state index contributed by atoms with van der Waals surface area (Å²) in [7, 11) is 0. The van der Waals surface area contributed by atoms with Crippen molar-refractivity contribution in [2.45, 2.75) is 6.61 Å². The van der Waals surface area contributed by atoms with E-state index in [0.717, 1.165) is 14.9 Å². The molecule has 3 rings (SSSR count). The van der Waals surface area contributed by atoms with Crippen molar-refractivity contribution < 1.29 is 9.53 Å². The molecule has 0 radical (unpaired) electrons. The molecule has 0 atom stereocenters. The molecule has 6 heteroatoms. The molecule has 0 bridgehead atoms. The number of hydrogen-bond donors (Lipinski definition) is 1. The van der Waals surface area contributed by atoms with Gasteiger partial charge in [-0.2, -0.15) is 5.10 Å². The van der Waals surface area contributed by atoms with Crippen molar-refractivity contribution in [3.8, 4) is 5.75 Å². The molecule has 1 amide bonds. The Morgan fingerprint density at radius 3 is 2.84 bits per heavy atom. The summed E-state index contributed by atoms with van der Waals surface area (Å²) in [5.41, 5.74) is 3.99. The van der Waals surface area contributed by atoms with Crippen LogP contribution in [0.25, 0.3) is 0 Å². The van der Waals surface area contributed by atoms with Gasteiger partial charge in [-0.3, -0.25) is 4.79 Å². The number of ether oxygens (including phenoxy) is 1. The number of amides is 1. The van der Waals surface area contributed by atoms with Gasteiger partial charge < -0.3 is 4.74 Å². The fourth-order valence-corrected chi connectivity index (χ4v) is 3.18. The summed E-state index contributed by atoms with van der Waals surface area (Å²) in [6.07, 6.45) is 1.62. The lowest BCUT2D eigenvalue weighted by atomic mass is 10.2. The Hall–Kier alpha value is -2.44. The van der Waals surface area contributed by atoms with Crippen LogP contribution in [0.1, 0.15) is 20.8 Å². The second-order valence-electron chi connectivity index (χ2n) is 5.13. The minimum atomic E-state index is -0.308. The van der Waals surface area contributed by atoms with Crippen LogP contribution in [-0.4, -0.2) is 12.1 Å². The van der Waals surface area contributed by atoms with Crippen molar-refractivity contribution >= 4 is 39.4 Å². The molecule has 1 heterocycles. The summed E-state index contributed by atoms with van der Waals surface area (Å²) in [4.78, 5) is 13.3. The number of thiophene rings is 1. The van der Waals surface area contributed by atoms with Gasteiger partial charge in [-0.25, -0.2) is 5.43 Å². The Morgan fingerprint density at radius 2 is 2.04 bits per heavy atom. The molecule has 1 N–H and O–H groups in total. The molecule has 0 unspecified atom stereocenters. The van der Waals surface area contributed by atoms with E-state index in [1.165, 1.54) is 0 Å². The third kappa shape index (κ3) is 5.01. The molecule has 4 nitrogen and oxygen atoms in total. The van der Waals surface area contributed by atoms with Crippen LogP contribution in [0.4, 0.5) is 0 Å². The standard InChI is InChI=1S/C19H15BrN2O2S/c20-15-6-3-5-14(11-15)13-24-18-9-2-1-8-17(18)19(23)22-21-12-16-7-4-10-25-16/h1-12H,13H2,(H,22,23). The van der Waals surface area contributed by atoms with Gasteiger partial charge in [0.05, 0.1) is 11.8 Å². The lowest BCUT2D eigenvalue weighted by Gasteiger charge is -2.10. The average molecular weight is 415 g/mol. The van der Waals surface area contributed by atoms with Crippen LogP contribution in [0.2, 0.25) is 0 Å². The SMILES string of the molecule is O=C(NN=Cc1cccs1)c1ccccc1OCc1cccc(Br)c1. The molecule has 0 aliphatic carbocycles. The van der Waals surface area contributed by atoms with Gasteiger partial charge in [0.15, 0.2) is 0 Å². The summed E-state index contributed by atoms with van der Waals surface area (Å²) in [6.45, 7) is 0.377. The molecule has 0 aliphatic rings. The van der Waals surface area contributed by atoms with E-state index < -0.39 is 0 Å². The van der Waals surface area contributed by atoms with E-state index in [9.17, 15) is 4.79 Å². The first-order valence-electron chi connectivity index (χ1n) is 7.55. The normalized spacial score (nSPS) is 10.8. The van der Waals surface area contributed by atoms with Crippen LogP contribution in [0.15, 0.2) is 75.6 Å². The van der Waals surface area contributed by atoms with Crippen molar-refractivity contribution in [3.05, 3.63) is 86.5 Å². The Balaban J connectivity index is 1.66. The first-order valence-corrected chi connectivity index (χ1v) is 9.23. The van der Waals surface area contributed by atoms with Crippen molar-refractivity contribution in [2.75, 3.05) is 0 Å². The molecule has 126 valence electrons. The maximum absolute atomic E-state index is 12.4. The first-order chi connectivity index (χ1) is 12.2. The monoisotopic (exact) mass is 414 g/mol. The molecule has 0 spiro atoms. The summed E-state index contributed by atoms with van der Waals surface area (Å²) >= 11 is 4.99. The Bertz CT molecular complexity index is 879. The highest BCUT2D eigenvalue weighted by Crippen LogP contribution is 2.20. The van der Waals surface area contributed by atoms with E-state index in [2.05, 4.69) is 26.5 Å². The largest absolute Gasteiger partial charge is 0.488 e. The van der Waals surface area contributed by atoms with Crippen molar-refractivity contribution in [3.63, 3.8) is 0 Å². The van der Waals surface area contributed by atoms with Gasteiger partial charge in [0.1, 0.15) is 12.4 Å². The lowest BCUT2D eigenvalue weighted by molar-refractivity contribution is 0.0950. The minimum Gasteiger partial charge on any atom is -0.488 e. The van der Waals surface area contributed by atoms with Crippen LogP contribution >= 0.6 is 27.3 Å². The van der Waals surface area contributed by atoms with Gasteiger partial charge in [-0.15, -0.1) is 11.3 Å². The smallest absolute Gasteiger partial charge is 0.275 e. The summed E-state index contributed by atoms with van der Waals surface area (Å²) < 4.78 is 6.81. The zero-order valence-corrected chi connectivity index (χ0v) is 15.6. The van der Waals surface area contributed by atoms with E-state index in [4.69, 9.17) is 4.74 Å². The average Bonchev–Trinajstić information content (AvgIpc) is 3.14. The van der Waals surface area contributed by atoms with Gasteiger partial charge in [-0.1, -0.05) is 46.3 Å². The lowest BCUT2D eigenvalue weighted by Crippen LogP contribution is -2.18. The summed E-state index contributed by atoms with van der Waals surface area (Å²) in [5.74, 6) is 0.212. The molecule has 2 aromatic carbocycles. The quantitative estimate of drug-likeness (QED) is 0.462. The van der Waals surface area contributed by atoms with Gasteiger partial charge in [0.25, 0.3) is 5.91 Å². The Morgan fingerprint density at radius 1 is 1.16 bits per heavy atom. The number of hydrazone groups is 1. The molecule has 0 saturated carbocycles. The van der Waals surface area contributed by atoms with Gasteiger partial charge in [-0.05, 0) is 41.3 Å². The minimum absolute atomic E-state index is 0.308. The van der Waals surface area contributed by atoms with E-state index >= 15 is 0 Å². The molecular weight excluding hydrogens is 400 g/mol. The maximum atomic E-state index is 12.4. The highest BCUT2D eigenvalue weighted by Gasteiger charge is 2.11. The van der Waals surface area contributed by atoms with Crippen LogP contribution in [0.5, 0.6) is 5.75 Å². The molecule has 3 aromatic rings. The second-order valence-corrected chi connectivity index (χ2v) is 7.02. The first kappa shape index (κ1) is 17.4. The highest BCUT2D eigenvalue weighted by molar-refractivity contribution is 9.10. The number of rotatable bonds is 6. The summed E-state index contributed by atoms with van der Waals surface area (Å²) in [5, 5.41) is 5.94. The molecular formula is C19H15BrN2O2S. The van der Waals surface area contributed by atoms with Crippen LogP contribution in [0, 0.1) is 0 Å². The molecule has 25 heavy (non-hydrogen) atoms. The highest BCUT2D eigenvalue weighted by atomic mass is 79.9. The molecule has 1 aromatic heterocycles. The Labute approximate surface area is 158 Å². The Kier molecular flexibility index (Phi) is 5.98. The fourth-order valence-electron chi connectivity index (χ4n) is 2.15. The number of nitrogens with one attached hydrogen (secondary N) is 1. The van der Waals surface area contributed by atoms with Crippen molar-refractivity contribution in [2.24, 2.45) is 5.10 Å². The number of carbonyl (C=O) groups is 1. The third-order valence-corrected chi connectivity index (χ3v) is 4.62. The van der Waals surface area contributed by atoms with Crippen LogP contribution < -0.4 is 10.2 Å². The summed E-state index contributed by atoms with van der Waals surface area (Å²) in [6, 6.07) is 18.8. The van der Waals surface area contributed by atoms with Gasteiger partial charge in [0.2, 0.25) is 0 Å². The zero-order chi connectivity index (χ0) is 17.5. The number of hydrogen-bond acceptors (Lipinski definition) is 4. The topological polar surface area (TPSA) is 50.7 Å². The molecule has 0 aliphatic heterocycles. The number of benzene rings is 2. The van der Waals surface area contributed by atoms with Gasteiger partial charge in [0, 0.05) is 9.35 Å². The fraction of sp³-hybridized carbons (Fsp3) is 0.0526. The van der Waals surface area contributed by atoms with E-state index in [-0.39, 0.29) is 5.91 Å².